The summed E-state index contributed by atoms with van der Waals surface area (Å²) in [4.78, 5) is 2.42. The van der Waals surface area contributed by atoms with E-state index in [-0.39, 0.29) is 10.3 Å². The molecule has 0 unspecified atom stereocenters. The number of methoxy groups -OCH3 is 1. The van der Waals surface area contributed by atoms with Gasteiger partial charge in [0.05, 0.1) is 19.4 Å². The summed E-state index contributed by atoms with van der Waals surface area (Å²) in [6.45, 7) is 10.5. The van der Waals surface area contributed by atoms with Crippen molar-refractivity contribution in [3.63, 3.8) is 0 Å². The molecule has 2 aromatic rings. The smallest absolute Gasteiger partial charge is 0.246 e. The molecule has 30 heavy (non-hydrogen) atoms. The maximum Gasteiger partial charge on any atom is 0.246 e. The lowest BCUT2D eigenvalue weighted by atomic mass is 9.87. The number of hydrogen-bond donors (Lipinski definition) is 0. The Morgan fingerprint density at radius 1 is 0.967 bits per heavy atom. The van der Waals surface area contributed by atoms with Crippen molar-refractivity contribution < 1.29 is 17.9 Å². The van der Waals surface area contributed by atoms with E-state index in [1.807, 2.05) is 37.3 Å². The summed E-state index contributed by atoms with van der Waals surface area (Å²) >= 11 is 0. The molecule has 0 aliphatic carbocycles. The number of ether oxygens (including phenoxy) is 2. The molecular weight excluding hydrogens is 400 g/mol. The maximum atomic E-state index is 13.5. The minimum atomic E-state index is -3.67. The van der Waals surface area contributed by atoms with Crippen molar-refractivity contribution in [2.75, 3.05) is 44.8 Å². The first-order chi connectivity index (χ1) is 14.2. The van der Waals surface area contributed by atoms with Crippen molar-refractivity contribution in [2.45, 2.75) is 38.0 Å². The zero-order valence-corrected chi connectivity index (χ0v) is 19.3. The van der Waals surface area contributed by atoms with Gasteiger partial charge in [-0.15, -0.1) is 0 Å². The first-order valence-electron chi connectivity index (χ1n) is 10.3. The molecular formula is C23H32N2O4S. The van der Waals surface area contributed by atoms with Crippen LogP contribution in [0.3, 0.4) is 0 Å². The van der Waals surface area contributed by atoms with Gasteiger partial charge in [0, 0.05) is 26.2 Å². The molecule has 1 saturated heterocycles. The molecule has 0 amide bonds. The third-order valence-corrected chi connectivity index (χ3v) is 7.31. The molecule has 1 aliphatic heterocycles. The Morgan fingerprint density at radius 2 is 1.63 bits per heavy atom. The number of anilines is 1. The molecule has 1 fully saturated rings. The minimum absolute atomic E-state index is 0.155. The Morgan fingerprint density at radius 3 is 2.23 bits per heavy atom. The first-order valence-corrected chi connectivity index (χ1v) is 11.8. The zero-order chi connectivity index (χ0) is 21.9. The van der Waals surface area contributed by atoms with Crippen molar-refractivity contribution >= 4 is 15.7 Å². The molecule has 0 radical (unpaired) electrons. The van der Waals surface area contributed by atoms with E-state index in [4.69, 9.17) is 9.47 Å². The third kappa shape index (κ3) is 4.57. The van der Waals surface area contributed by atoms with Gasteiger partial charge < -0.3 is 14.4 Å². The van der Waals surface area contributed by atoms with Gasteiger partial charge in [0.15, 0.2) is 0 Å². The summed E-state index contributed by atoms with van der Waals surface area (Å²) in [6, 6.07) is 13.3. The largest absolute Gasteiger partial charge is 0.495 e. The number of piperazine rings is 1. The van der Waals surface area contributed by atoms with Crippen molar-refractivity contribution in [1.29, 1.82) is 0 Å². The summed E-state index contributed by atoms with van der Waals surface area (Å²) in [6.07, 6.45) is 0. The second-order valence-electron chi connectivity index (χ2n) is 8.41. The van der Waals surface area contributed by atoms with Crippen molar-refractivity contribution in [3.8, 4) is 11.5 Å². The Hall–Kier alpha value is -2.25. The van der Waals surface area contributed by atoms with E-state index < -0.39 is 10.0 Å². The van der Waals surface area contributed by atoms with Gasteiger partial charge in [0.1, 0.15) is 16.4 Å². The lowest BCUT2D eigenvalue weighted by molar-refractivity contribution is 0.327. The van der Waals surface area contributed by atoms with E-state index in [9.17, 15) is 8.42 Å². The highest BCUT2D eigenvalue weighted by molar-refractivity contribution is 7.89. The molecule has 0 atom stereocenters. The van der Waals surface area contributed by atoms with Crippen molar-refractivity contribution in [1.82, 2.24) is 4.31 Å². The van der Waals surface area contributed by atoms with E-state index in [1.54, 1.807) is 23.5 Å². The lowest BCUT2D eigenvalue weighted by Gasteiger charge is -2.36. The minimum Gasteiger partial charge on any atom is -0.495 e. The number of rotatable bonds is 6. The fourth-order valence-corrected chi connectivity index (χ4v) is 5.23. The predicted octanol–water partition coefficient (Wildman–Crippen LogP) is 3.90. The normalized spacial score (nSPS) is 15.8. The van der Waals surface area contributed by atoms with E-state index in [0.717, 1.165) is 17.0 Å². The average molecular weight is 433 g/mol. The van der Waals surface area contributed by atoms with Gasteiger partial charge in [-0.1, -0.05) is 39.0 Å². The molecule has 0 aromatic heterocycles. The van der Waals surface area contributed by atoms with Crippen LogP contribution in [0.2, 0.25) is 0 Å². The number of hydrogen-bond acceptors (Lipinski definition) is 5. The highest BCUT2D eigenvalue weighted by Gasteiger charge is 2.32. The van der Waals surface area contributed by atoms with E-state index in [1.165, 1.54) is 0 Å². The zero-order valence-electron chi connectivity index (χ0n) is 18.5. The number of benzene rings is 2. The Balaban J connectivity index is 1.86. The number of para-hydroxylation sites is 2. The standard InChI is InChI=1S/C23H32N2O4S/c1-6-29-21-12-11-18(23(2,3)4)17-22(21)30(26,27)25-15-13-24(14-16-25)19-9-7-8-10-20(19)28-5/h7-12,17H,6,13-16H2,1-5H3. The predicted molar refractivity (Wildman–Crippen MR) is 120 cm³/mol. The van der Waals surface area contributed by atoms with Crippen LogP contribution in [0.25, 0.3) is 0 Å². The summed E-state index contributed by atoms with van der Waals surface area (Å²) < 4.78 is 39.8. The van der Waals surface area contributed by atoms with Crippen LogP contribution in [-0.4, -0.2) is 52.6 Å². The molecule has 164 valence electrons. The van der Waals surface area contributed by atoms with E-state index in [2.05, 4.69) is 25.7 Å². The van der Waals surface area contributed by atoms with Gasteiger partial charge in [0.25, 0.3) is 0 Å². The highest BCUT2D eigenvalue weighted by Crippen LogP contribution is 2.34. The quantitative estimate of drug-likeness (QED) is 0.693. The van der Waals surface area contributed by atoms with Crippen molar-refractivity contribution in [2.24, 2.45) is 0 Å². The van der Waals surface area contributed by atoms with Gasteiger partial charge >= 0.3 is 0 Å². The van der Waals surface area contributed by atoms with Gasteiger partial charge in [0.2, 0.25) is 10.0 Å². The second kappa shape index (κ2) is 8.86. The lowest BCUT2D eigenvalue weighted by Crippen LogP contribution is -2.48. The van der Waals surface area contributed by atoms with Crippen LogP contribution < -0.4 is 14.4 Å². The molecule has 7 heteroatoms. The number of sulfonamides is 1. The van der Waals surface area contributed by atoms with Gasteiger partial charge in [-0.25, -0.2) is 8.42 Å². The highest BCUT2D eigenvalue weighted by atomic mass is 32.2. The average Bonchev–Trinajstić information content (AvgIpc) is 2.73. The topological polar surface area (TPSA) is 59.1 Å². The van der Waals surface area contributed by atoms with Crippen LogP contribution >= 0.6 is 0 Å². The fourth-order valence-electron chi connectivity index (χ4n) is 3.65. The van der Waals surface area contributed by atoms with Crippen LogP contribution in [0.5, 0.6) is 11.5 Å². The SMILES string of the molecule is CCOc1ccc(C(C)(C)C)cc1S(=O)(=O)N1CCN(c2ccccc2OC)CC1. The van der Waals surface area contributed by atoms with Crippen LogP contribution in [0.4, 0.5) is 5.69 Å². The second-order valence-corrected chi connectivity index (χ2v) is 10.3. The Kier molecular flexibility index (Phi) is 6.62. The summed E-state index contributed by atoms with van der Waals surface area (Å²) in [5.74, 6) is 1.21. The monoisotopic (exact) mass is 432 g/mol. The molecule has 1 heterocycles. The van der Waals surface area contributed by atoms with Gasteiger partial charge in [-0.2, -0.15) is 4.31 Å². The van der Waals surface area contributed by atoms with Crippen LogP contribution in [-0.2, 0) is 15.4 Å². The van der Waals surface area contributed by atoms with Crippen LogP contribution in [0.15, 0.2) is 47.4 Å². The van der Waals surface area contributed by atoms with E-state index >= 15 is 0 Å². The molecule has 1 aliphatic rings. The first kappa shape index (κ1) is 22.4. The third-order valence-electron chi connectivity index (χ3n) is 5.39. The molecule has 0 saturated carbocycles. The van der Waals surface area contributed by atoms with E-state index in [0.29, 0.717) is 38.5 Å². The molecule has 0 N–H and O–H groups in total. The summed E-state index contributed by atoms with van der Waals surface area (Å²) in [5, 5.41) is 0. The fraction of sp³-hybridized carbons (Fsp3) is 0.478. The Labute approximate surface area is 180 Å². The molecule has 3 rings (SSSR count). The van der Waals surface area contributed by atoms with Gasteiger partial charge in [-0.05, 0) is 42.2 Å². The molecule has 2 aromatic carbocycles. The molecule has 0 bridgehead atoms. The molecule has 0 spiro atoms. The number of nitrogens with zero attached hydrogens (tertiary/aromatic N) is 2. The van der Waals surface area contributed by atoms with Crippen molar-refractivity contribution in [3.05, 3.63) is 48.0 Å². The van der Waals surface area contributed by atoms with Crippen LogP contribution in [0.1, 0.15) is 33.3 Å². The molecule has 6 nitrogen and oxygen atoms in total. The summed E-state index contributed by atoms with van der Waals surface area (Å²) in [5.41, 5.74) is 1.80. The maximum absolute atomic E-state index is 13.5. The summed E-state index contributed by atoms with van der Waals surface area (Å²) in [7, 11) is -2.02. The Bertz CT molecular complexity index is 975. The van der Waals surface area contributed by atoms with Gasteiger partial charge in [-0.3, -0.25) is 0 Å². The van der Waals surface area contributed by atoms with Crippen LogP contribution in [0, 0.1) is 0 Å².